The summed E-state index contributed by atoms with van der Waals surface area (Å²) in [4.78, 5) is 4.40. The zero-order valence-electron chi connectivity index (χ0n) is 13.9. The highest BCUT2D eigenvalue weighted by atomic mass is 32.2. The predicted octanol–water partition coefficient (Wildman–Crippen LogP) is 3.98. The lowest BCUT2D eigenvalue weighted by Gasteiger charge is -2.07. The first-order chi connectivity index (χ1) is 11.5. The average molecular weight is 347 g/mol. The van der Waals surface area contributed by atoms with Crippen molar-refractivity contribution in [2.75, 3.05) is 0 Å². The van der Waals surface area contributed by atoms with Gasteiger partial charge in [0.05, 0.1) is 10.8 Å². The minimum Gasteiger partial charge on any atom is -0.338 e. The van der Waals surface area contributed by atoms with E-state index in [-0.39, 0.29) is 17.0 Å². The number of thioether (sulfide) groups is 1. The zero-order valence-corrected chi connectivity index (χ0v) is 14.7. The van der Waals surface area contributed by atoms with Crippen LogP contribution in [-0.2, 0) is 7.05 Å². The highest BCUT2D eigenvalue weighted by Crippen LogP contribution is 2.34. The normalized spacial score (nSPS) is 12.8. The van der Waals surface area contributed by atoms with E-state index >= 15 is 0 Å². The molecule has 8 heteroatoms. The summed E-state index contributed by atoms with van der Waals surface area (Å²) in [6, 6.07) is 6.51. The van der Waals surface area contributed by atoms with Crippen molar-refractivity contribution in [3.05, 3.63) is 41.8 Å². The number of rotatable bonds is 5. The Balaban J connectivity index is 1.82. The van der Waals surface area contributed by atoms with Crippen molar-refractivity contribution in [1.82, 2.24) is 24.9 Å². The Kier molecular flexibility index (Phi) is 4.66. The molecular formula is C16H18FN5OS. The van der Waals surface area contributed by atoms with E-state index in [9.17, 15) is 4.39 Å². The van der Waals surface area contributed by atoms with Crippen molar-refractivity contribution < 1.29 is 8.91 Å². The summed E-state index contributed by atoms with van der Waals surface area (Å²) >= 11 is 1.44. The van der Waals surface area contributed by atoms with Gasteiger partial charge in [-0.1, -0.05) is 42.9 Å². The maximum atomic E-state index is 13.9. The van der Waals surface area contributed by atoms with Gasteiger partial charge in [0, 0.05) is 13.0 Å². The Morgan fingerprint density at radius 2 is 1.92 bits per heavy atom. The fourth-order valence-corrected chi connectivity index (χ4v) is 3.00. The third kappa shape index (κ3) is 3.19. The van der Waals surface area contributed by atoms with Crippen LogP contribution in [0.25, 0.3) is 11.4 Å². The third-order valence-electron chi connectivity index (χ3n) is 3.55. The smallest absolute Gasteiger partial charge is 0.239 e. The number of hydrogen-bond acceptors (Lipinski definition) is 6. The van der Waals surface area contributed by atoms with Gasteiger partial charge in [0.1, 0.15) is 5.82 Å². The Morgan fingerprint density at radius 3 is 2.58 bits per heavy atom. The summed E-state index contributed by atoms with van der Waals surface area (Å²) < 4.78 is 21.0. The second-order valence-corrected chi connectivity index (χ2v) is 7.06. The molecule has 126 valence electrons. The lowest BCUT2D eigenvalue weighted by Crippen LogP contribution is -1.98. The first-order valence-electron chi connectivity index (χ1n) is 7.61. The number of halogens is 1. The van der Waals surface area contributed by atoms with Crippen LogP contribution < -0.4 is 0 Å². The van der Waals surface area contributed by atoms with Gasteiger partial charge in [-0.15, -0.1) is 10.2 Å². The molecule has 3 rings (SSSR count). The van der Waals surface area contributed by atoms with Gasteiger partial charge in [-0.05, 0) is 19.1 Å². The molecule has 6 nitrogen and oxygen atoms in total. The molecular weight excluding hydrogens is 329 g/mol. The molecule has 0 fully saturated rings. The van der Waals surface area contributed by atoms with Crippen LogP contribution in [0.5, 0.6) is 0 Å². The van der Waals surface area contributed by atoms with Crippen molar-refractivity contribution in [2.45, 2.75) is 37.1 Å². The maximum Gasteiger partial charge on any atom is 0.239 e. The van der Waals surface area contributed by atoms with Gasteiger partial charge in [0.15, 0.2) is 16.8 Å². The summed E-state index contributed by atoms with van der Waals surface area (Å²) in [7, 11) is 1.81. The molecule has 0 amide bonds. The van der Waals surface area contributed by atoms with E-state index in [4.69, 9.17) is 4.52 Å². The van der Waals surface area contributed by atoms with Gasteiger partial charge in [0.25, 0.3) is 0 Å². The molecule has 0 radical (unpaired) electrons. The zero-order chi connectivity index (χ0) is 17.3. The molecule has 2 heterocycles. The standard InChI is InChI=1S/C16H18FN5OS/c1-9(2)13-18-15(23-21-13)10(3)24-16-20-19-14(22(16)4)11-7-5-6-8-12(11)17/h5-10H,1-4H3. The second-order valence-electron chi connectivity index (χ2n) is 5.75. The molecule has 0 spiro atoms. The van der Waals surface area contributed by atoms with Crippen LogP contribution in [0.1, 0.15) is 43.7 Å². The van der Waals surface area contributed by atoms with E-state index in [1.54, 1.807) is 22.8 Å². The van der Waals surface area contributed by atoms with Crippen LogP contribution in [0.4, 0.5) is 4.39 Å². The molecule has 0 aliphatic rings. The SMILES string of the molecule is CC(C)c1noc(C(C)Sc2nnc(-c3ccccc3F)n2C)n1. The quantitative estimate of drug-likeness (QED) is 0.650. The highest BCUT2D eigenvalue weighted by Gasteiger charge is 2.21. The minimum atomic E-state index is -0.323. The van der Waals surface area contributed by atoms with Crippen LogP contribution in [0, 0.1) is 5.82 Å². The van der Waals surface area contributed by atoms with Crippen LogP contribution in [-0.4, -0.2) is 24.9 Å². The first-order valence-corrected chi connectivity index (χ1v) is 8.49. The lowest BCUT2D eigenvalue weighted by molar-refractivity contribution is 0.373. The highest BCUT2D eigenvalue weighted by molar-refractivity contribution is 7.99. The number of benzene rings is 1. The topological polar surface area (TPSA) is 69.6 Å². The van der Waals surface area contributed by atoms with Gasteiger partial charge in [-0.2, -0.15) is 4.98 Å². The molecule has 0 aliphatic carbocycles. The molecule has 0 aliphatic heterocycles. The number of aromatic nitrogens is 5. The van der Waals surface area contributed by atoms with Crippen molar-refractivity contribution in [1.29, 1.82) is 0 Å². The average Bonchev–Trinajstić information content (AvgIpc) is 3.17. The monoisotopic (exact) mass is 347 g/mol. The molecule has 1 unspecified atom stereocenters. The van der Waals surface area contributed by atoms with Crippen molar-refractivity contribution in [2.24, 2.45) is 7.05 Å². The Bertz CT molecular complexity index is 845. The van der Waals surface area contributed by atoms with E-state index in [2.05, 4.69) is 20.3 Å². The Labute approximate surface area is 143 Å². The first kappa shape index (κ1) is 16.6. The van der Waals surface area contributed by atoms with E-state index < -0.39 is 0 Å². The van der Waals surface area contributed by atoms with Crippen LogP contribution in [0.2, 0.25) is 0 Å². The summed E-state index contributed by atoms with van der Waals surface area (Å²) in [6.45, 7) is 5.98. The van der Waals surface area contributed by atoms with E-state index in [0.29, 0.717) is 28.3 Å². The second kappa shape index (κ2) is 6.72. The van der Waals surface area contributed by atoms with Gasteiger partial charge >= 0.3 is 0 Å². The van der Waals surface area contributed by atoms with Gasteiger partial charge < -0.3 is 9.09 Å². The summed E-state index contributed by atoms with van der Waals surface area (Å²) in [5.41, 5.74) is 0.423. The van der Waals surface area contributed by atoms with E-state index in [0.717, 1.165) is 0 Å². The van der Waals surface area contributed by atoms with Gasteiger partial charge in [-0.3, -0.25) is 0 Å². The predicted molar refractivity (Wildman–Crippen MR) is 89.1 cm³/mol. The molecule has 1 aromatic carbocycles. The minimum absolute atomic E-state index is 0.0821. The fourth-order valence-electron chi connectivity index (χ4n) is 2.15. The number of hydrogen-bond donors (Lipinski definition) is 0. The molecule has 0 N–H and O–H groups in total. The molecule has 0 bridgehead atoms. The molecule has 24 heavy (non-hydrogen) atoms. The third-order valence-corrected chi connectivity index (χ3v) is 4.67. The Hall–Kier alpha value is -2.22. The van der Waals surface area contributed by atoms with Gasteiger partial charge in [0.2, 0.25) is 5.89 Å². The molecule has 3 aromatic rings. The van der Waals surface area contributed by atoms with Crippen molar-refractivity contribution in [3.8, 4) is 11.4 Å². The number of nitrogens with zero attached hydrogens (tertiary/aromatic N) is 5. The lowest BCUT2D eigenvalue weighted by atomic mass is 10.2. The fraction of sp³-hybridized carbons (Fsp3) is 0.375. The largest absolute Gasteiger partial charge is 0.338 e. The summed E-state index contributed by atoms with van der Waals surface area (Å²) in [6.07, 6.45) is 0. The molecule has 2 aromatic heterocycles. The summed E-state index contributed by atoms with van der Waals surface area (Å²) in [5, 5.41) is 12.8. The van der Waals surface area contributed by atoms with Crippen molar-refractivity contribution in [3.63, 3.8) is 0 Å². The van der Waals surface area contributed by atoms with E-state index in [1.165, 1.54) is 17.8 Å². The van der Waals surface area contributed by atoms with Crippen molar-refractivity contribution >= 4 is 11.8 Å². The van der Waals surface area contributed by atoms with Crippen LogP contribution in [0.15, 0.2) is 33.9 Å². The molecule has 1 atom stereocenters. The van der Waals surface area contributed by atoms with Crippen LogP contribution in [0.3, 0.4) is 0 Å². The molecule has 0 saturated carbocycles. The van der Waals surface area contributed by atoms with E-state index in [1.807, 2.05) is 27.8 Å². The maximum absolute atomic E-state index is 13.9. The van der Waals surface area contributed by atoms with Crippen LogP contribution >= 0.6 is 11.8 Å². The summed E-state index contributed by atoms with van der Waals surface area (Å²) in [5.74, 6) is 1.59. The molecule has 0 saturated heterocycles. The van der Waals surface area contributed by atoms with Gasteiger partial charge in [-0.25, -0.2) is 4.39 Å². The Morgan fingerprint density at radius 1 is 1.17 bits per heavy atom.